The minimum atomic E-state index is 0.508. The fourth-order valence-corrected chi connectivity index (χ4v) is 2.30. The summed E-state index contributed by atoms with van der Waals surface area (Å²) >= 11 is 6.21. The van der Waals surface area contributed by atoms with Crippen molar-refractivity contribution < 1.29 is 4.74 Å². The number of nitrogens with one attached hydrogen (secondary N) is 1. The summed E-state index contributed by atoms with van der Waals surface area (Å²) in [6.45, 7) is 0.508. The second kappa shape index (κ2) is 4.75. The molecule has 0 radical (unpaired) electrons. The molecule has 0 aliphatic carbocycles. The Bertz CT molecular complexity index is 661. The van der Waals surface area contributed by atoms with Crippen LogP contribution < -0.4 is 4.74 Å². The molecule has 0 bridgehead atoms. The molecule has 0 atom stereocenters. The van der Waals surface area contributed by atoms with Crippen molar-refractivity contribution in [1.29, 1.82) is 0 Å². The van der Waals surface area contributed by atoms with Crippen molar-refractivity contribution in [2.45, 2.75) is 6.61 Å². The Morgan fingerprint density at radius 3 is 2.67 bits per heavy atom. The lowest BCUT2D eigenvalue weighted by molar-refractivity contribution is 0.307. The lowest BCUT2D eigenvalue weighted by Crippen LogP contribution is -1.94. The topological polar surface area (TPSA) is 25.0 Å². The highest BCUT2D eigenvalue weighted by molar-refractivity contribution is 6.35. The highest BCUT2D eigenvalue weighted by atomic mass is 35.5. The van der Waals surface area contributed by atoms with Crippen LogP contribution in [-0.4, -0.2) is 4.98 Å². The number of H-pyrrole nitrogens is 1. The molecule has 1 heterocycles. The molecule has 90 valence electrons. The van der Waals surface area contributed by atoms with Gasteiger partial charge < -0.3 is 9.72 Å². The lowest BCUT2D eigenvalue weighted by Gasteiger charge is -2.05. The molecule has 0 unspecified atom stereocenters. The van der Waals surface area contributed by atoms with Crippen molar-refractivity contribution in [3.05, 3.63) is 65.3 Å². The maximum absolute atomic E-state index is 6.21. The van der Waals surface area contributed by atoms with E-state index in [0.717, 1.165) is 27.2 Å². The van der Waals surface area contributed by atoms with Gasteiger partial charge in [-0.2, -0.15) is 0 Å². The van der Waals surface area contributed by atoms with Crippen LogP contribution in [0.3, 0.4) is 0 Å². The Balaban J connectivity index is 1.87. The minimum Gasteiger partial charge on any atom is -0.489 e. The summed E-state index contributed by atoms with van der Waals surface area (Å²) in [6.07, 6.45) is 1.94. The minimum absolute atomic E-state index is 0.508. The van der Waals surface area contributed by atoms with Crippen LogP contribution in [-0.2, 0) is 6.61 Å². The number of aromatic nitrogens is 1. The van der Waals surface area contributed by atoms with Gasteiger partial charge in [-0.3, -0.25) is 0 Å². The summed E-state index contributed by atoms with van der Waals surface area (Å²) in [5, 5.41) is 1.79. The first-order valence-electron chi connectivity index (χ1n) is 5.77. The molecule has 0 spiro atoms. The van der Waals surface area contributed by atoms with E-state index in [-0.39, 0.29) is 0 Å². The van der Waals surface area contributed by atoms with Crippen LogP contribution >= 0.6 is 11.6 Å². The van der Waals surface area contributed by atoms with E-state index >= 15 is 0 Å². The smallest absolute Gasteiger partial charge is 0.119 e. The second-order valence-electron chi connectivity index (χ2n) is 4.08. The van der Waals surface area contributed by atoms with Gasteiger partial charge in [-0.15, -0.1) is 0 Å². The zero-order chi connectivity index (χ0) is 12.4. The summed E-state index contributed by atoms with van der Waals surface area (Å²) in [5.41, 5.74) is 2.11. The number of hydrogen-bond acceptors (Lipinski definition) is 1. The molecule has 0 aliphatic rings. The molecule has 0 aliphatic heterocycles. The lowest BCUT2D eigenvalue weighted by atomic mass is 10.2. The average Bonchev–Trinajstić information content (AvgIpc) is 2.82. The zero-order valence-corrected chi connectivity index (χ0v) is 10.4. The number of ether oxygens (including phenoxy) is 1. The number of halogens is 1. The van der Waals surface area contributed by atoms with Gasteiger partial charge in [0.05, 0.1) is 5.02 Å². The third-order valence-electron chi connectivity index (χ3n) is 2.87. The van der Waals surface area contributed by atoms with Gasteiger partial charge >= 0.3 is 0 Å². The van der Waals surface area contributed by atoms with E-state index in [0.29, 0.717) is 6.61 Å². The molecule has 1 N–H and O–H groups in total. The van der Waals surface area contributed by atoms with E-state index in [1.54, 1.807) is 0 Å². The molecule has 0 saturated carbocycles. The van der Waals surface area contributed by atoms with E-state index in [9.17, 15) is 0 Å². The molecule has 2 aromatic carbocycles. The van der Waals surface area contributed by atoms with Crippen LogP contribution in [0, 0.1) is 0 Å². The normalized spacial score (nSPS) is 10.7. The van der Waals surface area contributed by atoms with Crippen LogP contribution in [0.15, 0.2) is 54.7 Å². The van der Waals surface area contributed by atoms with Crippen molar-refractivity contribution in [3.63, 3.8) is 0 Å². The van der Waals surface area contributed by atoms with E-state index in [4.69, 9.17) is 16.3 Å². The first-order valence-corrected chi connectivity index (χ1v) is 6.15. The summed E-state index contributed by atoms with van der Waals surface area (Å²) in [7, 11) is 0. The maximum atomic E-state index is 6.21. The monoisotopic (exact) mass is 257 g/mol. The Kier molecular flexibility index (Phi) is 2.95. The molecule has 0 saturated heterocycles. The van der Waals surface area contributed by atoms with Gasteiger partial charge in [0.2, 0.25) is 0 Å². The van der Waals surface area contributed by atoms with Gasteiger partial charge in [0.25, 0.3) is 0 Å². The first-order chi connectivity index (χ1) is 8.84. The van der Waals surface area contributed by atoms with Crippen molar-refractivity contribution in [2.75, 3.05) is 0 Å². The van der Waals surface area contributed by atoms with Gasteiger partial charge in [-0.25, -0.2) is 0 Å². The molecule has 3 rings (SSSR count). The van der Waals surface area contributed by atoms with E-state index < -0.39 is 0 Å². The average molecular weight is 258 g/mol. The summed E-state index contributed by atoms with van der Waals surface area (Å²) < 4.78 is 5.73. The van der Waals surface area contributed by atoms with E-state index in [1.165, 1.54) is 0 Å². The van der Waals surface area contributed by atoms with Crippen LogP contribution in [0.2, 0.25) is 5.02 Å². The van der Waals surface area contributed by atoms with E-state index in [2.05, 4.69) is 4.98 Å². The highest BCUT2D eigenvalue weighted by Gasteiger charge is 2.07. The predicted molar refractivity (Wildman–Crippen MR) is 74.1 cm³/mol. The quantitative estimate of drug-likeness (QED) is 0.739. The molecule has 3 aromatic rings. The van der Waals surface area contributed by atoms with Gasteiger partial charge in [0.1, 0.15) is 12.4 Å². The van der Waals surface area contributed by atoms with Crippen molar-refractivity contribution in [3.8, 4) is 5.75 Å². The number of aromatic amines is 1. The molecule has 18 heavy (non-hydrogen) atoms. The van der Waals surface area contributed by atoms with Crippen LogP contribution in [0.5, 0.6) is 5.75 Å². The second-order valence-corrected chi connectivity index (χ2v) is 4.49. The van der Waals surface area contributed by atoms with Gasteiger partial charge in [0, 0.05) is 22.7 Å². The molecule has 2 nitrogen and oxygen atoms in total. The Labute approximate surface area is 110 Å². The van der Waals surface area contributed by atoms with Gasteiger partial charge in [-0.1, -0.05) is 35.9 Å². The Morgan fingerprint density at radius 2 is 1.83 bits per heavy atom. The van der Waals surface area contributed by atoms with E-state index in [1.807, 2.05) is 54.7 Å². The summed E-state index contributed by atoms with van der Waals surface area (Å²) in [6, 6.07) is 15.6. The number of fused-ring (bicyclic) bond motifs is 1. The molecule has 1 aromatic heterocycles. The Morgan fingerprint density at radius 1 is 1.00 bits per heavy atom. The third kappa shape index (κ3) is 2.07. The molecular formula is C15H12ClNO. The summed E-state index contributed by atoms with van der Waals surface area (Å²) in [4.78, 5) is 3.20. The maximum Gasteiger partial charge on any atom is 0.119 e. The van der Waals surface area contributed by atoms with Gasteiger partial charge in [-0.05, 0) is 24.3 Å². The van der Waals surface area contributed by atoms with Crippen molar-refractivity contribution in [2.24, 2.45) is 0 Å². The molecular weight excluding hydrogens is 246 g/mol. The van der Waals surface area contributed by atoms with Crippen LogP contribution in [0.25, 0.3) is 10.9 Å². The van der Waals surface area contributed by atoms with Crippen molar-refractivity contribution in [1.82, 2.24) is 4.98 Å². The predicted octanol–water partition coefficient (Wildman–Crippen LogP) is 4.40. The highest BCUT2D eigenvalue weighted by Crippen LogP contribution is 2.27. The molecule has 0 amide bonds. The SMILES string of the molecule is Clc1cccc2[nH]cc(COc3ccccc3)c12. The zero-order valence-electron chi connectivity index (χ0n) is 9.69. The number of rotatable bonds is 3. The van der Waals surface area contributed by atoms with Gasteiger partial charge in [0.15, 0.2) is 0 Å². The number of hydrogen-bond donors (Lipinski definition) is 1. The fraction of sp³-hybridized carbons (Fsp3) is 0.0667. The van der Waals surface area contributed by atoms with Crippen LogP contribution in [0.4, 0.5) is 0 Å². The van der Waals surface area contributed by atoms with Crippen LogP contribution in [0.1, 0.15) is 5.56 Å². The molecule has 3 heteroatoms. The molecule has 0 fully saturated rings. The Hall–Kier alpha value is -1.93. The largest absolute Gasteiger partial charge is 0.489 e. The fourth-order valence-electron chi connectivity index (χ4n) is 2.00. The number of para-hydroxylation sites is 1. The number of benzene rings is 2. The van der Waals surface area contributed by atoms with Crippen molar-refractivity contribution >= 4 is 22.5 Å². The standard InChI is InChI=1S/C15H12ClNO/c16-13-7-4-8-14-15(13)11(9-17-14)10-18-12-5-2-1-3-6-12/h1-9,17H,10H2. The summed E-state index contributed by atoms with van der Waals surface area (Å²) in [5.74, 6) is 0.860. The first kappa shape index (κ1) is 11.2. The third-order valence-corrected chi connectivity index (χ3v) is 3.19.